The first-order valence-corrected chi connectivity index (χ1v) is 12.8. The zero-order chi connectivity index (χ0) is 26.3. The lowest BCUT2D eigenvalue weighted by Crippen LogP contribution is -2.43. The van der Waals surface area contributed by atoms with Crippen molar-refractivity contribution >= 4 is 6.09 Å². The average molecular weight is 510 g/mol. The van der Waals surface area contributed by atoms with E-state index in [2.05, 4.69) is 16.0 Å². The molecule has 5 rings (SSSR count). The third kappa shape index (κ3) is 6.88. The molecular formula is C31H31N3O4. The van der Waals surface area contributed by atoms with Crippen LogP contribution in [0.4, 0.5) is 4.79 Å². The average Bonchev–Trinajstić information content (AvgIpc) is 2.94. The molecule has 0 N–H and O–H groups in total. The van der Waals surface area contributed by atoms with E-state index in [0.717, 1.165) is 47.4 Å². The first-order valence-electron chi connectivity index (χ1n) is 12.8. The second-order valence-corrected chi connectivity index (χ2v) is 9.57. The van der Waals surface area contributed by atoms with Crippen LogP contribution in [0.15, 0.2) is 85.2 Å². The molecule has 1 amide bonds. The van der Waals surface area contributed by atoms with Gasteiger partial charge in [-0.2, -0.15) is 0 Å². The first-order chi connectivity index (χ1) is 18.5. The van der Waals surface area contributed by atoms with E-state index >= 15 is 0 Å². The van der Waals surface area contributed by atoms with Crippen molar-refractivity contribution in [3.05, 3.63) is 108 Å². The Kier molecular flexibility index (Phi) is 7.83. The van der Waals surface area contributed by atoms with E-state index in [1.165, 1.54) is 0 Å². The zero-order valence-electron chi connectivity index (χ0n) is 21.7. The zero-order valence-corrected chi connectivity index (χ0v) is 21.7. The van der Waals surface area contributed by atoms with Gasteiger partial charge in [0.15, 0.2) is 0 Å². The molecule has 1 fully saturated rings. The minimum absolute atomic E-state index is 0.0410. The number of carbonyl (C=O) groups is 1. The van der Waals surface area contributed by atoms with Crippen LogP contribution in [0.1, 0.15) is 35.2 Å². The Labute approximate surface area is 223 Å². The highest BCUT2D eigenvalue weighted by atomic mass is 16.6. The Morgan fingerprint density at radius 1 is 0.789 bits per heavy atom. The van der Waals surface area contributed by atoms with Crippen LogP contribution in [-0.2, 0) is 6.42 Å². The van der Waals surface area contributed by atoms with Crippen molar-refractivity contribution in [3.8, 4) is 23.1 Å². The maximum absolute atomic E-state index is 12.7. The van der Waals surface area contributed by atoms with Crippen molar-refractivity contribution < 1.29 is 19.0 Å². The maximum atomic E-state index is 12.7. The molecular weight excluding hydrogens is 478 g/mol. The van der Waals surface area contributed by atoms with Crippen LogP contribution in [0.25, 0.3) is 0 Å². The summed E-state index contributed by atoms with van der Waals surface area (Å²) in [6.45, 7) is 5.18. The highest BCUT2D eigenvalue weighted by Crippen LogP contribution is 2.25. The van der Waals surface area contributed by atoms with Crippen molar-refractivity contribution in [2.45, 2.75) is 39.2 Å². The van der Waals surface area contributed by atoms with Crippen molar-refractivity contribution in [1.82, 2.24) is 14.9 Å². The molecule has 2 aromatic heterocycles. The van der Waals surface area contributed by atoms with Gasteiger partial charge in [0.25, 0.3) is 0 Å². The summed E-state index contributed by atoms with van der Waals surface area (Å²) in [5.74, 6) is 2.57. The molecule has 0 bridgehead atoms. The molecule has 0 atom stereocenters. The van der Waals surface area contributed by atoms with Gasteiger partial charge in [0, 0.05) is 56.5 Å². The lowest BCUT2D eigenvalue weighted by Gasteiger charge is -2.31. The van der Waals surface area contributed by atoms with Gasteiger partial charge in [0.05, 0.1) is 0 Å². The summed E-state index contributed by atoms with van der Waals surface area (Å²) in [6.07, 6.45) is 5.57. The number of hydrogen-bond acceptors (Lipinski definition) is 6. The molecule has 0 spiro atoms. The standard InChI is InChI=1S/C31H31N3O4/c1-22-3-7-25(32-20-22)19-24-5-8-28(9-6-24)38-31(35)34-17-15-29(16-18-34)36-26-10-12-27(13-11-26)37-30-14-4-23(2)21-33-30/h3-14,20-21,29H,15-19H2,1-2H3. The number of ether oxygens (including phenoxy) is 3. The SMILES string of the molecule is Cc1ccc(Cc2ccc(OC(=O)N3CCC(Oc4ccc(Oc5ccc(C)cn5)cc4)CC3)cc2)nc1. The lowest BCUT2D eigenvalue weighted by atomic mass is 10.1. The largest absolute Gasteiger partial charge is 0.490 e. The van der Waals surface area contributed by atoms with Gasteiger partial charge in [-0.15, -0.1) is 0 Å². The van der Waals surface area contributed by atoms with Gasteiger partial charge in [-0.1, -0.05) is 24.3 Å². The Balaban J connectivity index is 1.06. The summed E-state index contributed by atoms with van der Waals surface area (Å²) in [5.41, 5.74) is 4.35. The smallest absolute Gasteiger partial charge is 0.415 e. The number of rotatable bonds is 7. The van der Waals surface area contributed by atoms with E-state index in [4.69, 9.17) is 14.2 Å². The lowest BCUT2D eigenvalue weighted by molar-refractivity contribution is 0.0930. The Morgan fingerprint density at radius 3 is 2.05 bits per heavy atom. The van der Waals surface area contributed by atoms with E-state index in [1.807, 2.05) is 86.8 Å². The topological polar surface area (TPSA) is 73.8 Å². The fourth-order valence-corrected chi connectivity index (χ4v) is 4.22. The molecule has 38 heavy (non-hydrogen) atoms. The summed E-state index contributed by atoms with van der Waals surface area (Å²) in [5, 5.41) is 0. The second kappa shape index (κ2) is 11.8. The number of hydrogen-bond donors (Lipinski definition) is 0. The molecule has 4 aromatic rings. The van der Waals surface area contributed by atoms with Crippen molar-refractivity contribution in [1.29, 1.82) is 0 Å². The minimum Gasteiger partial charge on any atom is -0.490 e. The van der Waals surface area contributed by atoms with Crippen molar-refractivity contribution in [2.75, 3.05) is 13.1 Å². The third-order valence-electron chi connectivity index (χ3n) is 6.42. The second-order valence-electron chi connectivity index (χ2n) is 9.57. The van der Waals surface area contributed by atoms with E-state index in [1.54, 1.807) is 11.1 Å². The van der Waals surface area contributed by atoms with Crippen LogP contribution in [0, 0.1) is 13.8 Å². The molecule has 1 aliphatic rings. The normalized spacial score (nSPS) is 13.7. The fourth-order valence-electron chi connectivity index (χ4n) is 4.22. The molecule has 0 aliphatic carbocycles. The van der Waals surface area contributed by atoms with Crippen LogP contribution >= 0.6 is 0 Å². The molecule has 2 aromatic carbocycles. The van der Waals surface area contributed by atoms with Gasteiger partial charge in [-0.3, -0.25) is 4.98 Å². The van der Waals surface area contributed by atoms with Crippen LogP contribution in [0.5, 0.6) is 23.1 Å². The summed E-state index contributed by atoms with van der Waals surface area (Å²) in [4.78, 5) is 23.1. The predicted octanol–water partition coefficient (Wildman–Crippen LogP) is 6.52. The third-order valence-corrected chi connectivity index (χ3v) is 6.42. The molecule has 0 unspecified atom stereocenters. The minimum atomic E-state index is -0.331. The summed E-state index contributed by atoms with van der Waals surface area (Å²) in [6, 6.07) is 23.0. The van der Waals surface area contributed by atoms with Gasteiger partial charge in [-0.05, 0) is 73.0 Å². The molecule has 7 nitrogen and oxygen atoms in total. The number of amides is 1. The summed E-state index contributed by atoms with van der Waals surface area (Å²) >= 11 is 0. The van der Waals surface area contributed by atoms with Gasteiger partial charge in [0.1, 0.15) is 23.4 Å². The van der Waals surface area contributed by atoms with Gasteiger partial charge in [0.2, 0.25) is 5.88 Å². The number of carbonyl (C=O) groups excluding carboxylic acids is 1. The molecule has 194 valence electrons. The van der Waals surface area contributed by atoms with E-state index < -0.39 is 0 Å². The van der Waals surface area contributed by atoms with E-state index in [-0.39, 0.29) is 12.2 Å². The molecule has 7 heteroatoms. The Morgan fingerprint density at radius 2 is 1.42 bits per heavy atom. The predicted molar refractivity (Wildman–Crippen MR) is 145 cm³/mol. The Bertz CT molecular complexity index is 1330. The molecule has 1 aliphatic heterocycles. The van der Waals surface area contributed by atoms with Gasteiger partial charge >= 0.3 is 6.09 Å². The number of pyridine rings is 2. The Hall–Kier alpha value is -4.39. The van der Waals surface area contributed by atoms with Gasteiger partial charge in [-0.25, -0.2) is 9.78 Å². The number of likely N-dealkylation sites (tertiary alicyclic amines) is 1. The molecule has 1 saturated heterocycles. The van der Waals surface area contributed by atoms with Crippen molar-refractivity contribution in [3.63, 3.8) is 0 Å². The first kappa shape index (κ1) is 25.3. The summed E-state index contributed by atoms with van der Waals surface area (Å²) in [7, 11) is 0. The maximum Gasteiger partial charge on any atom is 0.415 e. The monoisotopic (exact) mass is 509 g/mol. The van der Waals surface area contributed by atoms with Crippen LogP contribution < -0.4 is 14.2 Å². The van der Waals surface area contributed by atoms with Crippen LogP contribution in [-0.4, -0.2) is 40.2 Å². The van der Waals surface area contributed by atoms with Crippen molar-refractivity contribution in [2.24, 2.45) is 0 Å². The van der Waals surface area contributed by atoms with E-state index in [0.29, 0.717) is 30.5 Å². The molecule has 0 saturated carbocycles. The number of nitrogens with zero attached hydrogens (tertiary/aromatic N) is 3. The number of aromatic nitrogens is 2. The molecule has 0 radical (unpaired) electrons. The summed E-state index contributed by atoms with van der Waals surface area (Å²) < 4.78 is 17.5. The van der Waals surface area contributed by atoms with Gasteiger partial charge < -0.3 is 19.1 Å². The quantitative estimate of drug-likeness (QED) is 0.282. The highest BCUT2D eigenvalue weighted by Gasteiger charge is 2.25. The van der Waals surface area contributed by atoms with Crippen LogP contribution in [0.3, 0.4) is 0 Å². The fraction of sp³-hybridized carbons (Fsp3) is 0.258. The number of aryl methyl sites for hydroxylation is 2. The number of piperidine rings is 1. The van der Waals surface area contributed by atoms with E-state index in [9.17, 15) is 4.79 Å². The van der Waals surface area contributed by atoms with Crippen LogP contribution in [0.2, 0.25) is 0 Å². The highest BCUT2D eigenvalue weighted by molar-refractivity contribution is 5.70. The number of benzene rings is 2. The molecule has 3 heterocycles.